The van der Waals surface area contributed by atoms with E-state index in [2.05, 4.69) is 0 Å². The largest absolute Gasteiger partial charge is 0.463 e. The third kappa shape index (κ3) is 7.92. The topological polar surface area (TPSA) is 175 Å². The predicted molar refractivity (Wildman–Crippen MR) is 134 cm³/mol. The number of carbonyl (C=O) groups excluding carboxylic acids is 4. The maximum absolute atomic E-state index is 12.9. The van der Waals surface area contributed by atoms with Crippen LogP contribution >= 0.6 is 0 Å². The highest BCUT2D eigenvalue weighted by molar-refractivity contribution is 5.79. The van der Waals surface area contributed by atoms with Gasteiger partial charge in [0.25, 0.3) is 6.29 Å². The molecule has 222 valence electrons. The van der Waals surface area contributed by atoms with Gasteiger partial charge in [-0.2, -0.15) is 0 Å². The van der Waals surface area contributed by atoms with E-state index in [1.54, 1.807) is 27.7 Å². The normalized spacial score (nSPS) is 28.8. The first kappa shape index (κ1) is 32.5. The van der Waals surface area contributed by atoms with E-state index in [0.717, 1.165) is 13.2 Å². The molecule has 0 aromatic rings. The average molecular weight is 559 g/mol. The lowest BCUT2D eigenvalue weighted by Crippen LogP contribution is -2.59. The maximum atomic E-state index is 12.9. The highest BCUT2D eigenvalue weighted by Gasteiger charge is 2.69. The molecule has 1 aliphatic heterocycles. The SMILES string of the molecule is CC(=O)OC[C@@]1(O)[C@H]2[C@H](OC(=O)CC(C)C)OC=C(COC(=O)[C@@H](OC(=O)CC(C)C)C(C)C)[C@@]2(O)C[C@@H]1O. The van der Waals surface area contributed by atoms with E-state index in [-0.39, 0.29) is 30.3 Å². The molecule has 1 heterocycles. The molecule has 0 bridgehead atoms. The van der Waals surface area contributed by atoms with Crippen LogP contribution in [0.25, 0.3) is 0 Å². The first-order valence-electron chi connectivity index (χ1n) is 13.2. The number of carbonyl (C=O) groups is 4. The zero-order valence-electron chi connectivity index (χ0n) is 23.7. The highest BCUT2D eigenvalue weighted by Crippen LogP contribution is 2.52. The van der Waals surface area contributed by atoms with Crippen molar-refractivity contribution in [2.24, 2.45) is 23.7 Å². The Morgan fingerprint density at radius 3 is 2.13 bits per heavy atom. The Kier molecular flexibility index (Phi) is 10.9. The van der Waals surface area contributed by atoms with Crippen LogP contribution in [-0.2, 0) is 42.9 Å². The summed E-state index contributed by atoms with van der Waals surface area (Å²) >= 11 is 0. The molecule has 0 spiro atoms. The van der Waals surface area contributed by atoms with Crippen LogP contribution in [0.3, 0.4) is 0 Å². The van der Waals surface area contributed by atoms with Gasteiger partial charge in [-0.25, -0.2) is 4.79 Å². The molecule has 1 aliphatic carbocycles. The van der Waals surface area contributed by atoms with Crippen LogP contribution in [0.5, 0.6) is 0 Å². The van der Waals surface area contributed by atoms with Gasteiger partial charge in [0.1, 0.15) is 30.3 Å². The Balaban J connectivity index is 2.31. The molecule has 0 unspecified atom stereocenters. The van der Waals surface area contributed by atoms with Crippen LogP contribution in [0.1, 0.15) is 67.7 Å². The summed E-state index contributed by atoms with van der Waals surface area (Å²) in [6, 6.07) is 0. The quantitative estimate of drug-likeness (QED) is 0.232. The number of hydrogen-bond donors (Lipinski definition) is 3. The summed E-state index contributed by atoms with van der Waals surface area (Å²) < 4.78 is 26.6. The third-order valence-electron chi connectivity index (χ3n) is 6.68. The molecule has 39 heavy (non-hydrogen) atoms. The Morgan fingerprint density at radius 2 is 1.59 bits per heavy atom. The second kappa shape index (κ2) is 13.1. The monoisotopic (exact) mass is 558 g/mol. The van der Waals surface area contributed by atoms with Gasteiger partial charge in [0.15, 0.2) is 0 Å². The molecular weight excluding hydrogens is 516 g/mol. The average Bonchev–Trinajstić information content (AvgIpc) is 3.00. The molecule has 2 rings (SSSR count). The van der Waals surface area contributed by atoms with Gasteiger partial charge in [-0.05, 0) is 11.8 Å². The fraction of sp³-hybridized carbons (Fsp3) is 0.778. The van der Waals surface area contributed by atoms with Gasteiger partial charge >= 0.3 is 23.9 Å². The molecule has 1 fully saturated rings. The van der Waals surface area contributed by atoms with Crippen molar-refractivity contribution in [2.45, 2.75) is 97.4 Å². The highest BCUT2D eigenvalue weighted by atomic mass is 16.7. The Hall–Kier alpha value is -2.70. The molecule has 0 aromatic carbocycles. The van der Waals surface area contributed by atoms with Crippen molar-refractivity contribution in [3.8, 4) is 0 Å². The first-order valence-corrected chi connectivity index (χ1v) is 13.2. The summed E-state index contributed by atoms with van der Waals surface area (Å²) in [6.45, 7) is 10.5. The predicted octanol–water partition coefficient (Wildman–Crippen LogP) is 1.38. The number of aliphatic hydroxyl groups is 3. The Bertz CT molecular complexity index is 941. The summed E-state index contributed by atoms with van der Waals surface area (Å²) in [5.74, 6) is -4.76. The van der Waals surface area contributed by atoms with Crippen LogP contribution in [0.15, 0.2) is 11.8 Å². The second-order valence-corrected chi connectivity index (χ2v) is 11.5. The summed E-state index contributed by atoms with van der Waals surface area (Å²) in [5, 5.41) is 33.9. The van der Waals surface area contributed by atoms with Crippen molar-refractivity contribution in [3.05, 3.63) is 11.8 Å². The minimum Gasteiger partial charge on any atom is -0.463 e. The number of fused-ring (bicyclic) bond motifs is 1. The molecule has 2 aliphatic rings. The van der Waals surface area contributed by atoms with Crippen LogP contribution < -0.4 is 0 Å². The number of aliphatic hydroxyl groups excluding tert-OH is 1. The van der Waals surface area contributed by atoms with E-state index in [0.29, 0.717) is 0 Å². The van der Waals surface area contributed by atoms with Crippen LogP contribution in [0, 0.1) is 23.7 Å². The number of esters is 4. The van der Waals surface area contributed by atoms with Gasteiger partial charge < -0.3 is 39.0 Å². The second-order valence-electron chi connectivity index (χ2n) is 11.5. The maximum Gasteiger partial charge on any atom is 0.348 e. The molecule has 0 amide bonds. The zero-order valence-corrected chi connectivity index (χ0v) is 23.7. The molecular formula is C27H42O12. The zero-order chi connectivity index (χ0) is 29.7. The van der Waals surface area contributed by atoms with E-state index < -0.39 is 85.0 Å². The van der Waals surface area contributed by atoms with Gasteiger partial charge in [-0.3, -0.25) is 14.4 Å². The number of ether oxygens (including phenoxy) is 5. The molecule has 0 aromatic heterocycles. The Morgan fingerprint density at radius 1 is 1.00 bits per heavy atom. The summed E-state index contributed by atoms with van der Waals surface area (Å²) in [7, 11) is 0. The first-order chi connectivity index (χ1) is 18.0. The lowest BCUT2D eigenvalue weighted by atomic mass is 9.77. The van der Waals surface area contributed by atoms with Crippen molar-refractivity contribution in [2.75, 3.05) is 13.2 Å². The lowest BCUT2D eigenvalue weighted by Gasteiger charge is -2.43. The number of rotatable bonds is 12. The molecule has 1 saturated carbocycles. The fourth-order valence-electron chi connectivity index (χ4n) is 4.72. The number of hydrogen-bond acceptors (Lipinski definition) is 12. The van der Waals surface area contributed by atoms with Gasteiger partial charge in [0.05, 0.1) is 12.4 Å². The molecule has 0 saturated heterocycles. The third-order valence-corrected chi connectivity index (χ3v) is 6.68. The van der Waals surface area contributed by atoms with E-state index in [4.69, 9.17) is 23.7 Å². The molecule has 12 heteroatoms. The van der Waals surface area contributed by atoms with E-state index in [9.17, 15) is 34.5 Å². The molecule has 3 N–H and O–H groups in total. The van der Waals surface area contributed by atoms with E-state index >= 15 is 0 Å². The van der Waals surface area contributed by atoms with Crippen molar-refractivity contribution in [1.82, 2.24) is 0 Å². The van der Waals surface area contributed by atoms with E-state index in [1.807, 2.05) is 13.8 Å². The van der Waals surface area contributed by atoms with Gasteiger partial charge in [-0.1, -0.05) is 41.5 Å². The van der Waals surface area contributed by atoms with E-state index in [1.165, 1.54) is 0 Å². The van der Waals surface area contributed by atoms with Crippen LogP contribution in [0.2, 0.25) is 0 Å². The summed E-state index contributed by atoms with van der Waals surface area (Å²) in [5.41, 5.74) is -4.37. The van der Waals surface area contributed by atoms with Crippen molar-refractivity contribution < 1.29 is 58.2 Å². The van der Waals surface area contributed by atoms with Gasteiger partial charge in [-0.15, -0.1) is 0 Å². The Labute approximate surface area is 228 Å². The fourth-order valence-corrected chi connectivity index (χ4v) is 4.72. The molecule has 0 radical (unpaired) electrons. The summed E-state index contributed by atoms with van der Waals surface area (Å²) in [4.78, 5) is 48.9. The van der Waals surface area contributed by atoms with Crippen LogP contribution in [-0.4, -0.2) is 82.1 Å². The van der Waals surface area contributed by atoms with Crippen molar-refractivity contribution >= 4 is 23.9 Å². The van der Waals surface area contributed by atoms with Gasteiger partial charge in [0.2, 0.25) is 6.10 Å². The minimum atomic E-state index is -2.26. The van der Waals surface area contributed by atoms with Crippen molar-refractivity contribution in [1.29, 1.82) is 0 Å². The van der Waals surface area contributed by atoms with Gasteiger partial charge in [0, 0.05) is 37.7 Å². The van der Waals surface area contributed by atoms with Crippen LogP contribution in [0.4, 0.5) is 0 Å². The molecule has 12 nitrogen and oxygen atoms in total. The van der Waals surface area contributed by atoms with Crippen molar-refractivity contribution in [3.63, 3.8) is 0 Å². The molecule has 6 atom stereocenters. The minimum absolute atomic E-state index is 0.0240. The standard InChI is InChI=1S/C27H42O12/c1-14(2)8-20(30)38-22(16(5)6)24(32)35-11-18-12-36-25(39-21(31)9-15(3)4)23-26(18,33)10-19(29)27(23,34)13-37-17(7)28/h12,14-16,19,22-23,25,29,33-34H,8-11,13H2,1-7H3/t19-,22-,23-,25-,26-,27-/m0/s1. The lowest BCUT2D eigenvalue weighted by molar-refractivity contribution is -0.239. The summed E-state index contributed by atoms with van der Waals surface area (Å²) in [6.07, 6.45) is -3.64. The smallest absolute Gasteiger partial charge is 0.348 e.